The summed E-state index contributed by atoms with van der Waals surface area (Å²) < 4.78 is 29.0. The summed E-state index contributed by atoms with van der Waals surface area (Å²) in [5.41, 5.74) is 6.80. The number of aromatic nitrogens is 2. The second-order valence-corrected chi connectivity index (χ2v) is 7.20. The fourth-order valence-electron chi connectivity index (χ4n) is 2.80. The van der Waals surface area contributed by atoms with Crippen molar-refractivity contribution in [2.24, 2.45) is 5.73 Å². The molecule has 0 aliphatic carbocycles. The third-order valence-electron chi connectivity index (χ3n) is 3.82. The van der Waals surface area contributed by atoms with Crippen molar-refractivity contribution in [3.8, 4) is 0 Å². The Bertz CT molecular complexity index is 557. The molecule has 1 saturated heterocycles. The lowest BCUT2D eigenvalue weighted by Gasteiger charge is -2.20. The SMILES string of the molecule is Cc1nn(CCN)c(C)c1S(=O)(=O)N1CCCCCC1. The normalized spacial score (nSPS) is 18.1. The largest absolute Gasteiger partial charge is 0.329 e. The molecule has 20 heavy (non-hydrogen) atoms. The van der Waals surface area contributed by atoms with Gasteiger partial charge in [-0.25, -0.2) is 8.42 Å². The number of nitrogens with two attached hydrogens (primary N) is 1. The number of hydrogen-bond donors (Lipinski definition) is 1. The maximum atomic E-state index is 12.8. The molecule has 0 radical (unpaired) electrons. The number of sulfonamides is 1. The van der Waals surface area contributed by atoms with Gasteiger partial charge in [-0.05, 0) is 26.7 Å². The van der Waals surface area contributed by atoms with Crippen LogP contribution in [-0.2, 0) is 16.6 Å². The van der Waals surface area contributed by atoms with Gasteiger partial charge in [0.15, 0.2) is 0 Å². The molecule has 0 saturated carbocycles. The highest BCUT2D eigenvalue weighted by Crippen LogP contribution is 2.25. The maximum Gasteiger partial charge on any atom is 0.246 e. The smallest absolute Gasteiger partial charge is 0.246 e. The van der Waals surface area contributed by atoms with Gasteiger partial charge in [0.05, 0.1) is 17.9 Å². The lowest BCUT2D eigenvalue weighted by molar-refractivity contribution is 0.423. The van der Waals surface area contributed by atoms with Gasteiger partial charge >= 0.3 is 0 Å². The Morgan fingerprint density at radius 1 is 1.15 bits per heavy atom. The Morgan fingerprint density at radius 2 is 1.75 bits per heavy atom. The van der Waals surface area contributed by atoms with Gasteiger partial charge in [-0.2, -0.15) is 9.40 Å². The van der Waals surface area contributed by atoms with Crippen LogP contribution >= 0.6 is 0 Å². The van der Waals surface area contributed by atoms with E-state index in [1.165, 1.54) is 0 Å². The Hall–Kier alpha value is -0.920. The molecule has 0 atom stereocenters. The van der Waals surface area contributed by atoms with Crippen LogP contribution in [0.1, 0.15) is 37.1 Å². The Kier molecular flexibility index (Phi) is 4.82. The molecular weight excluding hydrogens is 276 g/mol. The van der Waals surface area contributed by atoms with Crippen LogP contribution in [0, 0.1) is 13.8 Å². The van der Waals surface area contributed by atoms with Crippen LogP contribution in [-0.4, -0.2) is 42.1 Å². The predicted octanol–water partition coefficient (Wildman–Crippen LogP) is 1.02. The topological polar surface area (TPSA) is 81.2 Å². The summed E-state index contributed by atoms with van der Waals surface area (Å²) in [4.78, 5) is 0.368. The van der Waals surface area contributed by atoms with Crippen LogP contribution in [0.3, 0.4) is 0 Å². The number of nitrogens with zero attached hydrogens (tertiary/aromatic N) is 3. The number of hydrogen-bond acceptors (Lipinski definition) is 4. The van der Waals surface area contributed by atoms with Crippen molar-refractivity contribution >= 4 is 10.0 Å². The first-order valence-corrected chi connectivity index (χ1v) is 8.66. The maximum absolute atomic E-state index is 12.8. The minimum Gasteiger partial charge on any atom is -0.329 e. The van der Waals surface area contributed by atoms with E-state index in [9.17, 15) is 8.42 Å². The van der Waals surface area contributed by atoms with Crippen molar-refractivity contribution in [1.82, 2.24) is 14.1 Å². The second-order valence-electron chi connectivity index (χ2n) is 5.33. The minimum absolute atomic E-state index is 0.368. The molecule has 2 heterocycles. The fraction of sp³-hybridized carbons (Fsp3) is 0.769. The highest BCUT2D eigenvalue weighted by atomic mass is 32.2. The molecule has 114 valence electrons. The first-order valence-electron chi connectivity index (χ1n) is 7.22. The van der Waals surface area contributed by atoms with E-state index in [1.54, 1.807) is 22.8 Å². The van der Waals surface area contributed by atoms with Crippen LogP contribution in [0.25, 0.3) is 0 Å². The summed E-state index contributed by atoms with van der Waals surface area (Å²) in [7, 11) is -3.44. The van der Waals surface area contributed by atoms with E-state index < -0.39 is 10.0 Å². The van der Waals surface area contributed by atoms with Crippen molar-refractivity contribution in [3.63, 3.8) is 0 Å². The molecule has 7 heteroatoms. The first kappa shape index (κ1) is 15.5. The van der Waals surface area contributed by atoms with E-state index in [-0.39, 0.29) is 0 Å². The van der Waals surface area contributed by atoms with Gasteiger partial charge in [-0.1, -0.05) is 12.8 Å². The standard InChI is InChI=1S/C13H24N4O2S/c1-11-13(12(2)17(15-11)10-7-14)20(18,19)16-8-5-3-4-6-9-16/h3-10,14H2,1-2H3. The van der Waals surface area contributed by atoms with Gasteiger partial charge < -0.3 is 5.73 Å². The molecule has 2 rings (SSSR count). The number of rotatable bonds is 4. The van der Waals surface area contributed by atoms with E-state index in [0.29, 0.717) is 42.5 Å². The van der Waals surface area contributed by atoms with E-state index >= 15 is 0 Å². The molecule has 0 unspecified atom stereocenters. The van der Waals surface area contributed by atoms with Crippen molar-refractivity contribution < 1.29 is 8.42 Å². The van der Waals surface area contributed by atoms with Crippen molar-refractivity contribution in [2.75, 3.05) is 19.6 Å². The molecule has 1 fully saturated rings. The lowest BCUT2D eigenvalue weighted by Crippen LogP contribution is -2.32. The minimum atomic E-state index is -3.44. The Balaban J connectivity index is 2.38. The molecule has 0 bridgehead atoms. The Labute approximate surface area is 121 Å². The molecular formula is C13H24N4O2S. The molecule has 2 N–H and O–H groups in total. The second kappa shape index (κ2) is 6.24. The monoisotopic (exact) mass is 300 g/mol. The molecule has 1 aliphatic rings. The summed E-state index contributed by atoms with van der Waals surface area (Å²) in [6.07, 6.45) is 4.09. The third-order valence-corrected chi connectivity index (χ3v) is 5.97. The zero-order valence-electron chi connectivity index (χ0n) is 12.3. The molecule has 1 aliphatic heterocycles. The molecule has 1 aromatic heterocycles. The highest BCUT2D eigenvalue weighted by Gasteiger charge is 2.30. The van der Waals surface area contributed by atoms with E-state index in [4.69, 9.17) is 5.73 Å². The zero-order valence-corrected chi connectivity index (χ0v) is 13.1. The predicted molar refractivity (Wildman–Crippen MR) is 78.0 cm³/mol. The van der Waals surface area contributed by atoms with Gasteiger partial charge in [-0.15, -0.1) is 0 Å². The van der Waals surface area contributed by atoms with Gasteiger partial charge in [-0.3, -0.25) is 4.68 Å². The molecule has 0 spiro atoms. The summed E-state index contributed by atoms with van der Waals surface area (Å²) in [5, 5.41) is 4.32. The van der Waals surface area contributed by atoms with E-state index in [0.717, 1.165) is 25.7 Å². The first-order chi connectivity index (χ1) is 9.48. The average molecular weight is 300 g/mol. The van der Waals surface area contributed by atoms with Crippen LogP contribution in [0.4, 0.5) is 0 Å². The summed E-state index contributed by atoms with van der Waals surface area (Å²) in [5.74, 6) is 0. The van der Waals surface area contributed by atoms with E-state index in [2.05, 4.69) is 5.10 Å². The van der Waals surface area contributed by atoms with Crippen molar-refractivity contribution in [1.29, 1.82) is 0 Å². The molecule has 0 aromatic carbocycles. The molecule has 1 aromatic rings. The molecule has 6 nitrogen and oxygen atoms in total. The van der Waals surface area contributed by atoms with E-state index in [1.807, 2.05) is 0 Å². The van der Waals surface area contributed by atoms with Crippen LogP contribution in [0.2, 0.25) is 0 Å². The van der Waals surface area contributed by atoms with Crippen LogP contribution in [0.5, 0.6) is 0 Å². The third kappa shape index (κ3) is 2.89. The lowest BCUT2D eigenvalue weighted by atomic mass is 10.2. The van der Waals surface area contributed by atoms with Crippen LogP contribution < -0.4 is 5.73 Å². The van der Waals surface area contributed by atoms with Gasteiger partial charge in [0, 0.05) is 19.6 Å². The van der Waals surface area contributed by atoms with Crippen molar-refractivity contribution in [2.45, 2.75) is 51.0 Å². The summed E-state index contributed by atoms with van der Waals surface area (Å²) >= 11 is 0. The van der Waals surface area contributed by atoms with Crippen LogP contribution in [0.15, 0.2) is 4.90 Å². The van der Waals surface area contributed by atoms with Crippen molar-refractivity contribution in [3.05, 3.63) is 11.4 Å². The zero-order chi connectivity index (χ0) is 14.8. The number of aryl methyl sites for hydroxylation is 1. The summed E-state index contributed by atoms with van der Waals surface area (Å²) in [6.45, 7) is 5.78. The van der Waals surface area contributed by atoms with Gasteiger partial charge in [0.1, 0.15) is 4.90 Å². The average Bonchev–Trinajstić information content (AvgIpc) is 2.61. The fourth-order valence-corrected chi connectivity index (χ4v) is 4.69. The quantitative estimate of drug-likeness (QED) is 0.900. The van der Waals surface area contributed by atoms with Gasteiger partial charge in [0.25, 0.3) is 0 Å². The highest BCUT2D eigenvalue weighted by molar-refractivity contribution is 7.89. The van der Waals surface area contributed by atoms with Gasteiger partial charge in [0.2, 0.25) is 10.0 Å². The Morgan fingerprint density at radius 3 is 2.30 bits per heavy atom. The molecule has 0 amide bonds. The summed E-state index contributed by atoms with van der Waals surface area (Å²) in [6, 6.07) is 0.